The summed E-state index contributed by atoms with van der Waals surface area (Å²) in [7, 11) is 1.47. The standard InChI is InChI=1S/C25H20Br2Cl2N2O4S/c1-3-35-24(33)14-7-9-16(10-8-14)31(13-18-20(28)5-4-6-21(18)29)25(36)30-23(32)17-11-15(26)12-19(27)22(17)34-2/h4-12H,3,13H2,1-2H3,(H,30,32,36). The first kappa shape index (κ1) is 28.4. The van der Waals surface area contributed by atoms with E-state index in [2.05, 4.69) is 37.2 Å². The van der Waals surface area contributed by atoms with Crippen LogP contribution in [0.25, 0.3) is 0 Å². The van der Waals surface area contributed by atoms with Crippen molar-refractivity contribution >= 4 is 90.0 Å². The molecule has 3 rings (SSSR count). The van der Waals surface area contributed by atoms with Crippen molar-refractivity contribution in [3.05, 3.63) is 90.3 Å². The Morgan fingerprint density at radius 3 is 2.28 bits per heavy atom. The lowest BCUT2D eigenvalue weighted by atomic mass is 10.1. The van der Waals surface area contributed by atoms with Gasteiger partial charge in [-0.2, -0.15) is 0 Å². The van der Waals surface area contributed by atoms with Gasteiger partial charge in [-0.25, -0.2) is 4.79 Å². The van der Waals surface area contributed by atoms with Crippen LogP contribution in [0.15, 0.2) is 63.5 Å². The van der Waals surface area contributed by atoms with Gasteiger partial charge >= 0.3 is 5.97 Å². The number of methoxy groups -OCH3 is 1. The highest BCUT2D eigenvalue weighted by atomic mass is 79.9. The summed E-state index contributed by atoms with van der Waals surface area (Å²) in [5.74, 6) is -0.553. The van der Waals surface area contributed by atoms with Gasteiger partial charge < -0.3 is 14.4 Å². The Morgan fingerprint density at radius 1 is 1.06 bits per heavy atom. The van der Waals surface area contributed by atoms with E-state index in [1.165, 1.54) is 7.11 Å². The highest BCUT2D eigenvalue weighted by Gasteiger charge is 2.22. The number of esters is 1. The van der Waals surface area contributed by atoms with Crippen LogP contribution < -0.4 is 15.0 Å². The highest BCUT2D eigenvalue weighted by molar-refractivity contribution is 9.11. The summed E-state index contributed by atoms with van der Waals surface area (Å²) < 4.78 is 11.7. The molecule has 11 heteroatoms. The van der Waals surface area contributed by atoms with E-state index in [9.17, 15) is 9.59 Å². The molecule has 0 heterocycles. The van der Waals surface area contributed by atoms with E-state index in [-0.39, 0.29) is 23.8 Å². The summed E-state index contributed by atoms with van der Waals surface area (Å²) in [5.41, 5.74) is 1.88. The second-order valence-corrected chi connectivity index (χ2v) is 10.3. The number of nitrogens with zero attached hydrogens (tertiary/aromatic N) is 1. The third-order valence-electron chi connectivity index (χ3n) is 4.99. The van der Waals surface area contributed by atoms with Gasteiger partial charge in [-0.1, -0.05) is 45.2 Å². The molecule has 3 aromatic rings. The van der Waals surface area contributed by atoms with Crippen molar-refractivity contribution in [1.82, 2.24) is 5.32 Å². The summed E-state index contributed by atoms with van der Waals surface area (Å²) in [6.07, 6.45) is 0. The van der Waals surface area contributed by atoms with Gasteiger partial charge in [-0.15, -0.1) is 0 Å². The molecule has 188 valence electrons. The number of nitrogens with one attached hydrogen (secondary N) is 1. The zero-order valence-corrected chi connectivity index (χ0v) is 24.6. The van der Waals surface area contributed by atoms with Gasteiger partial charge in [0.05, 0.1) is 35.9 Å². The summed E-state index contributed by atoms with van der Waals surface area (Å²) in [5, 5.41) is 3.75. The van der Waals surface area contributed by atoms with Gasteiger partial charge in [0.1, 0.15) is 5.75 Å². The van der Waals surface area contributed by atoms with Crippen LogP contribution in [0.5, 0.6) is 5.75 Å². The fourth-order valence-electron chi connectivity index (χ4n) is 3.28. The van der Waals surface area contributed by atoms with Crippen molar-refractivity contribution in [2.24, 2.45) is 0 Å². The average molecular weight is 675 g/mol. The van der Waals surface area contributed by atoms with Gasteiger partial charge in [0.25, 0.3) is 5.91 Å². The first-order valence-electron chi connectivity index (χ1n) is 10.5. The number of anilines is 1. The maximum Gasteiger partial charge on any atom is 0.338 e. The molecule has 0 aliphatic carbocycles. The number of hydrogen-bond acceptors (Lipinski definition) is 5. The molecule has 0 atom stereocenters. The van der Waals surface area contributed by atoms with Crippen molar-refractivity contribution in [3.63, 3.8) is 0 Å². The number of carbonyl (C=O) groups excluding carboxylic acids is 2. The van der Waals surface area contributed by atoms with Gasteiger partial charge in [0, 0.05) is 25.8 Å². The largest absolute Gasteiger partial charge is 0.495 e. The molecule has 1 amide bonds. The lowest BCUT2D eigenvalue weighted by molar-refractivity contribution is 0.0526. The van der Waals surface area contributed by atoms with Crippen LogP contribution in [-0.4, -0.2) is 30.7 Å². The molecular weight excluding hydrogens is 655 g/mol. The molecule has 0 radical (unpaired) electrons. The molecule has 0 unspecified atom stereocenters. The zero-order chi connectivity index (χ0) is 26.4. The second-order valence-electron chi connectivity index (χ2n) is 7.28. The third kappa shape index (κ3) is 6.77. The number of halogens is 4. The van der Waals surface area contributed by atoms with E-state index in [4.69, 9.17) is 44.9 Å². The van der Waals surface area contributed by atoms with E-state index < -0.39 is 11.9 Å². The number of amides is 1. The third-order valence-corrected chi connectivity index (χ3v) is 7.07. The molecule has 0 saturated carbocycles. The molecule has 0 spiro atoms. The van der Waals surface area contributed by atoms with E-state index in [1.807, 2.05) is 0 Å². The highest BCUT2D eigenvalue weighted by Crippen LogP contribution is 2.33. The SMILES string of the molecule is CCOC(=O)c1ccc(N(Cc2c(Cl)cccc2Cl)C(=S)NC(=O)c2cc(Br)cc(Br)c2OC)cc1. The molecule has 36 heavy (non-hydrogen) atoms. The second kappa shape index (κ2) is 12.9. The average Bonchev–Trinajstić information content (AvgIpc) is 2.83. The van der Waals surface area contributed by atoms with Crippen LogP contribution in [0.4, 0.5) is 5.69 Å². The zero-order valence-electron chi connectivity index (χ0n) is 19.1. The first-order valence-corrected chi connectivity index (χ1v) is 13.3. The fourth-order valence-corrected chi connectivity index (χ4v) is 5.45. The number of rotatable bonds is 7. The topological polar surface area (TPSA) is 67.9 Å². The van der Waals surface area contributed by atoms with Crippen molar-refractivity contribution in [2.45, 2.75) is 13.5 Å². The Morgan fingerprint density at radius 2 is 1.69 bits per heavy atom. The number of benzene rings is 3. The van der Waals surface area contributed by atoms with Crippen molar-refractivity contribution in [2.75, 3.05) is 18.6 Å². The van der Waals surface area contributed by atoms with Crippen LogP contribution in [-0.2, 0) is 11.3 Å². The van der Waals surface area contributed by atoms with E-state index in [0.717, 1.165) is 0 Å². The van der Waals surface area contributed by atoms with Crippen LogP contribution in [0.2, 0.25) is 10.0 Å². The Hall–Kier alpha value is -2.17. The molecule has 0 saturated heterocycles. The normalized spacial score (nSPS) is 10.5. The Bertz CT molecular complexity index is 1290. The predicted octanol–water partition coefficient (Wildman–Crippen LogP) is 7.43. The van der Waals surface area contributed by atoms with Gasteiger partial charge in [-0.05, 0) is 83.6 Å². The number of thiocarbonyl (C=S) groups is 1. The molecule has 0 aliphatic heterocycles. The van der Waals surface area contributed by atoms with Crippen LogP contribution in [0, 0.1) is 0 Å². The number of hydrogen-bond donors (Lipinski definition) is 1. The summed E-state index contributed by atoms with van der Waals surface area (Å²) in [6, 6.07) is 15.2. The molecule has 6 nitrogen and oxygen atoms in total. The lowest BCUT2D eigenvalue weighted by Gasteiger charge is -2.27. The summed E-state index contributed by atoms with van der Waals surface area (Å²) in [6.45, 7) is 2.17. The monoisotopic (exact) mass is 672 g/mol. The minimum absolute atomic E-state index is 0.0954. The summed E-state index contributed by atoms with van der Waals surface area (Å²) >= 11 is 25.3. The summed E-state index contributed by atoms with van der Waals surface area (Å²) in [4.78, 5) is 27.0. The maximum atomic E-state index is 13.2. The fraction of sp³-hybridized carbons (Fsp3) is 0.160. The first-order chi connectivity index (χ1) is 17.2. The number of carbonyl (C=O) groups is 2. The molecule has 1 N–H and O–H groups in total. The number of ether oxygens (including phenoxy) is 2. The molecule has 0 aromatic heterocycles. The molecule has 0 bridgehead atoms. The van der Waals surface area contributed by atoms with Gasteiger partial charge in [0.2, 0.25) is 0 Å². The van der Waals surface area contributed by atoms with Gasteiger partial charge in [0.15, 0.2) is 5.11 Å². The molecule has 3 aromatic carbocycles. The molecular formula is C25H20Br2Cl2N2O4S. The van der Waals surface area contributed by atoms with E-state index in [0.29, 0.717) is 41.6 Å². The Labute approximate surface area is 241 Å². The van der Waals surface area contributed by atoms with Crippen molar-refractivity contribution in [1.29, 1.82) is 0 Å². The van der Waals surface area contributed by atoms with E-state index >= 15 is 0 Å². The minimum Gasteiger partial charge on any atom is -0.495 e. The quantitative estimate of drug-likeness (QED) is 0.208. The lowest BCUT2D eigenvalue weighted by Crippen LogP contribution is -2.42. The Kier molecular flexibility index (Phi) is 10.2. The van der Waals surface area contributed by atoms with Crippen LogP contribution in [0.3, 0.4) is 0 Å². The van der Waals surface area contributed by atoms with Crippen molar-refractivity contribution in [3.8, 4) is 5.75 Å². The van der Waals surface area contributed by atoms with Crippen LogP contribution >= 0.6 is 67.3 Å². The van der Waals surface area contributed by atoms with Gasteiger partial charge in [-0.3, -0.25) is 10.1 Å². The smallest absolute Gasteiger partial charge is 0.338 e. The minimum atomic E-state index is -0.475. The molecule has 0 aliphatic rings. The predicted molar refractivity (Wildman–Crippen MR) is 154 cm³/mol. The maximum absolute atomic E-state index is 13.2. The van der Waals surface area contributed by atoms with Crippen LogP contribution in [0.1, 0.15) is 33.2 Å². The Balaban J connectivity index is 1.97. The van der Waals surface area contributed by atoms with Crippen molar-refractivity contribution < 1.29 is 19.1 Å². The van der Waals surface area contributed by atoms with E-state index in [1.54, 1.807) is 66.4 Å². The molecule has 0 fully saturated rings.